The van der Waals surface area contributed by atoms with E-state index >= 15 is 0 Å². The Morgan fingerprint density at radius 3 is 2.15 bits per heavy atom. The summed E-state index contributed by atoms with van der Waals surface area (Å²) < 4.78 is 25.3. The zero-order valence-electron chi connectivity index (χ0n) is 14.9. The first-order valence-corrected chi connectivity index (χ1v) is 10.5. The first kappa shape index (κ1) is 18.6. The maximum absolute atomic E-state index is 12.5. The van der Waals surface area contributed by atoms with Crippen LogP contribution in [0.1, 0.15) is 19.8 Å². The van der Waals surface area contributed by atoms with Crippen LogP contribution in [0.2, 0.25) is 0 Å². The van der Waals surface area contributed by atoms with Gasteiger partial charge in [-0.05, 0) is 43.0 Å². The minimum absolute atomic E-state index is 0.0361. The second-order valence-electron chi connectivity index (χ2n) is 6.51. The van der Waals surface area contributed by atoms with E-state index < -0.39 is 10.0 Å². The SMILES string of the molecule is CCS(=O)(=O)N1CCC(C(=O)Nc2ccc(-c3ccccc3)cc2)CC1. The van der Waals surface area contributed by atoms with Gasteiger partial charge in [-0.15, -0.1) is 0 Å². The second kappa shape index (κ2) is 8.01. The largest absolute Gasteiger partial charge is 0.326 e. The number of piperidine rings is 1. The predicted molar refractivity (Wildman–Crippen MR) is 104 cm³/mol. The topological polar surface area (TPSA) is 66.5 Å². The highest BCUT2D eigenvalue weighted by Crippen LogP contribution is 2.24. The standard InChI is InChI=1S/C20H24N2O3S/c1-2-26(24,25)22-14-12-18(13-15-22)20(23)21-19-10-8-17(9-11-19)16-6-4-3-5-7-16/h3-11,18H,2,12-15H2,1H3,(H,21,23). The van der Waals surface area contributed by atoms with Gasteiger partial charge in [0.05, 0.1) is 5.75 Å². The van der Waals surface area contributed by atoms with Crippen molar-refractivity contribution >= 4 is 21.6 Å². The number of carbonyl (C=O) groups excluding carboxylic acids is 1. The van der Waals surface area contributed by atoms with Crippen LogP contribution in [0.25, 0.3) is 11.1 Å². The number of hydrogen-bond donors (Lipinski definition) is 1. The predicted octanol–water partition coefficient (Wildman–Crippen LogP) is 3.35. The maximum Gasteiger partial charge on any atom is 0.227 e. The molecule has 0 unspecified atom stereocenters. The molecular formula is C20H24N2O3S. The van der Waals surface area contributed by atoms with Gasteiger partial charge in [-0.2, -0.15) is 0 Å². The van der Waals surface area contributed by atoms with Crippen LogP contribution in [0.5, 0.6) is 0 Å². The van der Waals surface area contributed by atoms with Gasteiger partial charge in [-0.25, -0.2) is 12.7 Å². The van der Waals surface area contributed by atoms with Gasteiger partial charge >= 0.3 is 0 Å². The molecule has 0 aliphatic carbocycles. The number of amides is 1. The maximum atomic E-state index is 12.5. The van der Waals surface area contributed by atoms with Crippen LogP contribution >= 0.6 is 0 Å². The Morgan fingerprint density at radius 1 is 1.00 bits per heavy atom. The summed E-state index contributed by atoms with van der Waals surface area (Å²) in [6, 6.07) is 17.8. The first-order chi connectivity index (χ1) is 12.5. The normalized spacial score (nSPS) is 16.3. The van der Waals surface area contributed by atoms with Crippen molar-refractivity contribution < 1.29 is 13.2 Å². The molecule has 1 heterocycles. The van der Waals surface area contributed by atoms with Crippen LogP contribution in [0.15, 0.2) is 54.6 Å². The molecule has 6 heteroatoms. The first-order valence-electron chi connectivity index (χ1n) is 8.94. The molecule has 1 N–H and O–H groups in total. The summed E-state index contributed by atoms with van der Waals surface area (Å²) in [4.78, 5) is 12.5. The molecule has 1 saturated heterocycles. The fraction of sp³-hybridized carbons (Fsp3) is 0.350. The quantitative estimate of drug-likeness (QED) is 0.875. The molecule has 26 heavy (non-hydrogen) atoms. The van der Waals surface area contributed by atoms with Crippen molar-refractivity contribution in [1.29, 1.82) is 0 Å². The minimum Gasteiger partial charge on any atom is -0.326 e. The van der Waals surface area contributed by atoms with E-state index in [9.17, 15) is 13.2 Å². The van der Waals surface area contributed by atoms with Crippen molar-refractivity contribution in [3.8, 4) is 11.1 Å². The number of nitrogens with one attached hydrogen (secondary N) is 1. The van der Waals surface area contributed by atoms with E-state index in [1.807, 2.05) is 54.6 Å². The Morgan fingerprint density at radius 2 is 1.58 bits per heavy atom. The number of carbonyl (C=O) groups is 1. The third-order valence-electron chi connectivity index (χ3n) is 4.84. The van der Waals surface area contributed by atoms with Crippen LogP contribution in [0.3, 0.4) is 0 Å². The highest BCUT2D eigenvalue weighted by atomic mass is 32.2. The van der Waals surface area contributed by atoms with E-state index in [1.54, 1.807) is 6.92 Å². The minimum atomic E-state index is -3.16. The fourth-order valence-corrected chi connectivity index (χ4v) is 4.33. The van der Waals surface area contributed by atoms with Crippen molar-refractivity contribution in [2.75, 3.05) is 24.2 Å². The summed E-state index contributed by atoms with van der Waals surface area (Å²) in [5, 5.41) is 2.95. The van der Waals surface area contributed by atoms with Crippen molar-refractivity contribution in [3.63, 3.8) is 0 Å². The highest BCUT2D eigenvalue weighted by molar-refractivity contribution is 7.89. The molecule has 0 spiro atoms. The smallest absolute Gasteiger partial charge is 0.227 e. The van der Waals surface area contributed by atoms with Crippen LogP contribution in [0.4, 0.5) is 5.69 Å². The molecule has 0 saturated carbocycles. The molecule has 1 fully saturated rings. The van der Waals surface area contributed by atoms with Gasteiger partial charge in [0.15, 0.2) is 0 Å². The molecule has 1 aliphatic rings. The van der Waals surface area contributed by atoms with Gasteiger partial charge in [-0.3, -0.25) is 4.79 Å². The van der Waals surface area contributed by atoms with E-state index in [-0.39, 0.29) is 17.6 Å². The molecule has 5 nitrogen and oxygen atoms in total. The number of sulfonamides is 1. The lowest BCUT2D eigenvalue weighted by Crippen LogP contribution is -2.42. The summed E-state index contributed by atoms with van der Waals surface area (Å²) in [6.07, 6.45) is 1.13. The molecular weight excluding hydrogens is 348 g/mol. The summed E-state index contributed by atoms with van der Waals surface area (Å²) in [7, 11) is -3.16. The Kier molecular flexibility index (Phi) is 5.74. The molecule has 1 amide bonds. The molecule has 0 aromatic heterocycles. The van der Waals surface area contributed by atoms with Gasteiger partial charge in [0.1, 0.15) is 0 Å². The molecule has 0 radical (unpaired) electrons. The highest BCUT2D eigenvalue weighted by Gasteiger charge is 2.30. The molecule has 138 valence electrons. The summed E-state index contributed by atoms with van der Waals surface area (Å²) >= 11 is 0. The molecule has 2 aromatic carbocycles. The average molecular weight is 372 g/mol. The summed E-state index contributed by atoms with van der Waals surface area (Å²) in [5.41, 5.74) is 3.00. The molecule has 2 aromatic rings. The molecule has 3 rings (SSSR count). The van der Waals surface area contributed by atoms with Crippen LogP contribution in [-0.4, -0.2) is 37.5 Å². The van der Waals surface area contributed by atoms with Crippen molar-refractivity contribution in [2.45, 2.75) is 19.8 Å². The summed E-state index contributed by atoms with van der Waals surface area (Å²) in [5.74, 6) is -0.0735. The Balaban J connectivity index is 1.57. The lowest BCUT2D eigenvalue weighted by Gasteiger charge is -2.30. The fourth-order valence-electron chi connectivity index (χ4n) is 3.20. The number of benzene rings is 2. The van der Waals surface area contributed by atoms with E-state index in [1.165, 1.54) is 4.31 Å². The third-order valence-corrected chi connectivity index (χ3v) is 6.72. The summed E-state index contributed by atoms with van der Waals surface area (Å²) in [6.45, 7) is 2.48. The van der Waals surface area contributed by atoms with Gasteiger partial charge < -0.3 is 5.32 Å². The van der Waals surface area contributed by atoms with E-state index in [4.69, 9.17) is 0 Å². The average Bonchev–Trinajstić information content (AvgIpc) is 2.69. The van der Waals surface area contributed by atoms with Crippen molar-refractivity contribution in [2.24, 2.45) is 5.92 Å². The monoisotopic (exact) mass is 372 g/mol. The number of nitrogens with zero attached hydrogens (tertiary/aromatic N) is 1. The van der Waals surface area contributed by atoms with Gasteiger partial charge in [0, 0.05) is 24.7 Å². The van der Waals surface area contributed by atoms with Gasteiger partial charge in [0.2, 0.25) is 15.9 Å². The van der Waals surface area contributed by atoms with E-state index in [0.717, 1.165) is 16.8 Å². The third kappa shape index (κ3) is 4.31. The number of hydrogen-bond acceptors (Lipinski definition) is 3. The number of rotatable bonds is 5. The Bertz CT molecular complexity index is 840. The van der Waals surface area contributed by atoms with Crippen LogP contribution in [-0.2, 0) is 14.8 Å². The van der Waals surface area contributed by atoms with Gasteiger partial charge in [-0.1, -0.05) is 42.5 Å². The zero-order chi connectivity index (χ0) is 18.6. The van der Waals surface area contributed by atoms with Crippen molar-refractivity contribution in [3.05, 3.63) is 54.6 Å². The van der Waals surface area contributed by atoms with Crippen molar-refractivity contribution in [1.82, 2.24) is 4.31 Å². The lowest BCUT2D eigenvalue weighted by atomic mass is 9.97. The van der Waals surface area contributed by atoms with Crippen LogP contribution in [0, 0.1) is 5.92 Å². The van der Waals surface area contributed by atoms with Gasteiger partial charge in [0.25, 0.3) is 0 Å². The Hall–Kier alpha value is -2.18. The molecule has 1 aliphatic heterocycles. The zero-order valence-corrected chi connectivity index (χ0v) is 15.7. The second-order valence-corrected chi connectivity index (χ2v) is 8.76. The number of anilines is 1. The molecule has 0 atom stereocenters. The van der Waals surface area contributed by atoms with E-state index in [0.29, 0.717) is 25.9 Å². The van der Waals surface area contributed by atoms with Crippen LogP contribution < -0.4 is 5.32 Å². The van der Waals surface area contributed by atoms with E-state index in [2.05, 4.69) is 5.32 Å². The Labute approximate surface area is 155 Å². The molecule has 0 bridgehead atoms. The lowest BCUT2D eigenvalue weighted by molar-refractivity contribution is -0.120.